The van der Waals surface area contributed by atoms with Crippen LogP contribution in [0.25, 0.3) is 0 Å². The van der Waals surface area contributed by atoms with Crippen LogP contribution < -0.4 is 39.2 Å². The summed E-state index contributed by atoms with van der Waals surface area (Å²) in [5.74, 6) is 2.66. The number of rotatable bonds is 12. The van der Waals surface area contributed by atoms with Crippen molar-refractivity contribution in [2.45, 2.75) is 0 Å². The number of para-hydroxylation sites is 8. The topological polar surface area (TPSA) is 126 Å². The molecule has 0 spiro atoms. The van der Waals surface area contributed by atoms with E-state index >= 15 is 0 Å². The van der Waals surface area contributed by atoms with E-state index in [0.717, 1.165) is 0 Å². The number of hydrogen-bond donors (Lipinski definition) is 2. The van der Waals surface area contributed by atoms with Gasteiger partial charge in [0, 0.05) is 9.21 Å². The predicted molar refractivity (Wildman–Crippen MR) is 198 cm³/mol. The Labute approximate surface area is 292 Å². The number of nitrogens with zero attached hydrogens (tertiary/aromatic N) is 3. The molecule has 0 saturated carbocycles. The third-order valence-electron chi connectivity index (χ3n) is 6.84. The minimum Gasteiger partial charge on any atom is -0.438 e. The normalized spacial score (nSPS) is 17.1. The zero-order valence-corrected chi connectivity index (χ0v) is 29.1. The molecule has 0 radical (unpaired) electrons. The fourth-order valence-electron chi connectivity index (χ4n) is 4.49. The van der Waals surface area contributed by atoms with Crippen LogP contribution in [-0.4, -0.2) is 9.21 Å². The van der Waals surface area contributed by atoms with E-state index in [0.29, 0.717) is 45.9 Å². The van der Waals surface area contributed by atoms with Crippen molar-refractivity contribution in [2.75, 3.05) is 11.5 Å². The van der Waals surface area contributed by atoms with Gasteiger partial charge in [0.1, 0.15) is 28.7 Å². The molecular weight excluding hydrogens is 691 g/mol. The highest BCUT2D eigenvalue weighted by molar-refractivity contribution is 7.78. The smallest absolute Gasteiger partial charge is 0.438 e. The van der Waals surface area contributed by atoms with Crippen LogP contribution in [-0.2, 0) is 0 Å². The third kappa shape index (κ3) is 7.79. The van der Waals surface area contributed by atoms with E-state index in [2.05, 4.69) is 0 Å². The molecule has 6 aromatic carbocycles. The van der Waals surface area contributed by atoms with Gasteiger partial charge in [0.15, 0.2) is 5.75 Å². The second-order valence-electron chi connectivity index (χ2n) is 10.5. The number of benzene rings is 6. The first-order valence-corrected chi connectivity index (χ1v) is 19.3. The van der Waals surface area contributed by atoms with Gasteiger partial charge in [-0.25, -0.2) is 0 Å². The van der Waals surface area contributed by atoms with Gasteiger partial charge >= 0.3 is 24.6 Å². The number of anilines is 2. The lowest BCUT2D eigenvalue weighted by Crippen LogP contribution is -2.37. The highest BCUT2D eigenvalue weighted by Crippen LogP contribution is 2.78. The molecular formula is C36H32N5O6P3. The Bertz CT molecular complexity index is 2010. The molecule has 14 heteroatoms. The lowest BCUT2D eigenvalue weighted by atomic mass is 10.3. The van der Waals surface area contributed by atoms with Gasteiger partial charge in [-0.1, -0.05) is 97.1 Å². The summed E-state index contributed by atoms with van der Waals surface area (Å²) in [4.78, 5) is 13.4. The standard InChI is InChI=1S/C36H32N5O6P3/c37-33-25-13-15-27-35(33)43-41-49(45-36-28-16-14-26-34(36)38)40(42-29-17-5-1-6-18-29)48(44-30-19-7-2-8-20-30)39-50(41,46-31-21-9-3-10-22-31)47-32-23-11-4-12-24-32/h1-28H,37-38H2. The van der Waals surface area contributed by atoms with Crippen LogP contribution >= 0.6 is 24.6 Å². The van der Waals surface area contributed by atoms with E-state index in [-0.39, 0.29) is 0 Å². The maximum Gasteiger partial charge on any atom is 0.447 e. The van der Waals surface area contributed by atoms with Gasteiger partial charge in [0.05, 0.1) is 11.4 Å². The van der Waals surface area contributed by atoms with Gasteiger partial charge < -0.3 is 39.2 Å². The SMILES string of the molecule is Nc1ccccc1ON1P(Oc2ccccc2N)N(Oc2ccccc2)P(Oc2ccccc2)N=P1(Oc1ccccc1)Oc1ccccc1. The Morgan fingerprint density at radius 2 is 0.900 bits per heavy atom. The zero-order chi connectivity index (χ0) is 34.2. The van der Waals surface area contributed by atoms with Crippen molar-refractivity contribution >= 4 is 35.9 Å². The molecule has 50 heavy (non-hydrogen) atoms. The summed E-state index contributed by atoms with van der Waals surface area (Å²) in [7, 11) is -8.24. The molecule has 7 rings (SSSR count). The first-order valence-electron chi connectivity index (χ1n) is 15.4. The molecule has 1 heterocycles. The number of nitrogen functional groups attached to an aromatic ring is 2. The summed E-state index contributed by atoms with van der Waals surface area (Å²) in [6.07, 6.45) is 0. The van der Waals surface area contributed by atoms with Gasteiger partial charge in [-0.05, 0) is 72.8 Å². The van der Waals surface area contributed by atoms with E-state index in [4.69, 9.17) is 43.8 Å². The fourth-order valence-corrected chi connectivity index (χ4v) is 12.0. The second kappa shape index (κ2) is 15.5. The molecule has 4 N–H and O–H groups in total. The zero-order valence-electron chi connectivity index (χ0n) is 26.5. The molecule has 1 aliphatic rings. The first kappa shape index (κ1) is 33.2. The maximum absolute atomic E-state index is 6.88. The average Bonchev–Trinajstić information content (AvgIpc) is 3.14. The monoisotopic (exact) mass is 723 g/mol. The summed E-state index contributed by atoms with van der Waals surface area (Å²) >= 11 is 0. The van der Waals surface area contributed by atoms with Crippen molar-refractivity contribution in [2.24, 2.45) is 4.52 Å². The fraction of sp³-hybridized carbons (Fsp3) is 0. The predicted octanol–water partition coefficient (Wildman–Crippen LogP) is 10.5. The van der Waals surface area contributed by atoms with Crippen LogP contribution in [0.1, 0.15) is 0 Å². The summed E-state index contributed by atoms with van der Waals surface area (Å²) in [5, 5.41) is 0. The van der Waals surface area contributed by atoms with Crippen molar-refractivity contribution in [3.63, 3.8) is 0 Å². The van der Waals surface area contributed by atoms with Crippen LogP contribution in [0.4, 0.5) is 11.4 Å². The second-order valence-corrected chi connectivity index (χ2v) is 16.0. The largest absolute Gasteiger partial charge is 0.447 e. The lowest BCUT2D eigenvalue weighted by molar-refractivity contribution is 0.0552. The molecule has 252 valence electrons. The van der Waals surface area contributed by atoms with Gasteiger partial charge in [-0.3, -0.25) is 0 Å². The van der Waals surface area contributed by atoms with E-state index < -0.39 is 24.6 Å². The maximum atomic E-state index is 6.88. The molecule has 2 atom stereocenters. The molecule has 6 aromatic rings. The Morgan fingerprint density at radius 3 is 1.42 bits per heavy atom. The molecule has 0 fully saturated rings. The molecule has 0 aromatic heterocycles. The van der Waals surface area contributed by atoms with Gasteiger partial charge in [0.2, 0.25) is 0 Å². The molecule has 0 bridgehead atoms. The Hall–Kier alpha value is -5.27. The molecule has 11 nitrogen and oxygen atoms in total. The summed E-state index contributed by atoms with van der Waals surface area (Å²) < 4.78 is 35.5. The minimum atomic E-state index is -3.85. The van der Waals surface area contributed by atoms with Gasteiger partial charge in [-0.2, -0.15) is 0 Å². The minimum absolute atomic E-state index is 0.312. The Balaban J connectivity index is 1.49. The van der Waals surface area contributed by atoms with Crippen LogP contribution in [0.15, 0.2) is 174 Å². The highest BCUT2D eigenvalue weighted by Gasteiger charge is 2.58. The highest BCUT2D eigenvalue weighted by atomic mass is 31.3. The first-order chi connectivity index (χ1) is 24.6. The van der Waals surface area contributed by atoms with Crippen LogP contribution in [0.3, 0.4) is 0 Å². The lowest BCUT2D eigenvalue weighted by Gasteiger charge is -2.43. The third-order valence-corrected chi connectivity index (χ3v) is 13.7. The van der Waals surface area contributed by atoms with E-state index in [9.17, 15) is 0 Å². The van der Waals surface area contributed by atoms with E-state index in [1.165, 1.54) is 4.60 Å². The van der Waals surface area contributed by atoms with E-state index in [1.807, 2.05) is 146 Å². The quantitative estimate of drug-likeness (QED) is 0.0930. The summed E-state index contributed by atoms with van der Waals surface area (Å²) in [6.45, 7) is 0. The molecule has 0 amide bonds. The van der Waals surface area contributed by atoms with Gasteiger partial charge in [0.25, 0.3) is 0 Å². The molecule has 0 aliphatic carbocycles. The van der Waals surface area contributed by atoms with Crippen molar-refractivity contribution in [3.05, 3.63) is 170 Å². The van der Waals surface area contributed by atoms with E-state index in [1.54, 1.807) is 28.9 Å². The van der Waals surface area contributed by atoms with Crippen molar-refractivity contribution in [1.82, 2.24) is 9.21 Å². The summed E-state index contributed by atoms with van der Waals surface area (Å²) in [6, 6.07) is 51.3. The van der Waals surface area contributed by atoms with Crippen LogP contribution in [0, 0.1) is 0 Å². The van der Waals surface area contributed by atoms with Crippen molar-refractivity contribution < 1.29 is 27.8 Å². The Kier molecular flexibility index (Phi) is 10.3. The molecule has 2 unspecified atom stereocenters. The van der Waals surface area contributed by atoms with Gasteiger partial charge in [-0.15, -0.1) is 4.52 Å². The average molecular weight is 724 g/mol. The number of nitrogens with two attached hydrogens (primary N) is 2. The van der Waals surface area contributed by atoms with Crippen molar-refractivity contribution in [1.29, 1.82) is 0 Å². The Morgan fingerprint density at radius 1 is 0.460 bits per heavy atom. The molecule has 0 saturated heterocycles. The molecule has 1 aliphatic heterocycles. The van der Waals surface area contributed by atoms with Crippen LogP contribution in [0.2, 0.25) is 0 Å². The summed E-state index contributed by atoms with van der Waals surface area (Å²) in [5.41, 5.74) is 13.7. The van der Waals surface area contributed by atoms with Crippen molar-refractivity contribution in [3.8, 4) is 34.5 Å². The van der Waals surface area contributed by atoms with Crippen LogP contribution in [0.5, 0.6) is 34.5 Å². The number of hydrogen-bond acceptors (Lipinski definition) is 11.